The molecule has 1 aliphatic rings. The van der Waals surface area contributed by atoms with Crippen molar-refractivity contribution in [2.75, 3.05) is 6.54 Å². The van der Waals surface area contributed by atoms with Crippen molar-refractivity contribution in [1.82, 2.24) is 9.88 Å². The number of carbonyl (C=O) groups is 1. The molecule has 4 rings (SSSR count). The number of nitrogens with two attached hydrogens (primary N) is 1. The van der Waals surface area contributed by atoms with Crippen molar-refractivity contribution >= 4 is 28.4 Å². The first-order valence-corrected chi connectivity index (χ1v) is 8.39. The Kier molecular flexibility index (Phi) is 5.04. The summed E-state index contributed by atoms with van der Waals surface area (Å²) < 4.78 is 0. The Labute approximate surface area is 157 Å². The van der Waals surface area contributed by atoms with Gasteiger partial charge in [0.15, 0.2) is 0 Å². The van der Waals surface area contributed by atoms with Gasteiger partial charge >= 0.3 is 0 Å². The Morgan fingerprint density at radius 1 is 1.16 bits per heavy atom. The number of hydrogen-bond acceptors (Lipinski definition) is 2. The molecule has 2 aromatic carbocycles. The number of carbonyl (C=O) groups excluding carboxylic acids is 1. The lowest BCUT2D eigenvalue weighted by Gasteiger charge is -2.29. The van der Waals surface area contributed by atoms with Gasteiger partial charge in [-0.25, -0.2) is 0 Å². The van der Waals surface area contributed by atoms with Gasteiger partial charge in [-0.15, -0.1) is 0 Å². The standard InChI is InChI=1S/C19H18ClN3O.ClH/c20-13-7-5-12(6-8-13)18(21)19(24)23-10-9-15-14-3-1-2-4-16(14)22-17(15)11-23;/h1-8,18,22H,9-11,21H2;1H/p-1. The molecule has 1 aromatic heterocycles. The van der Waals surface area contributed by atoms with Crippen LogP contribution in [0, 0.1) is 0 Å². The summed E-state index contributed by atoms with van der Waals surface area (Å²) in [6.45, 7) is 1.26. The number of para-hydroxylation sites is 1. The monoisotopic (exact) mass is 374 g/mol. The van der Waals surface area contributed by atoms with Gasteiger partial charge in [0.2, 0.25) is 5.91 Å². The molecule has 1 amide bonds. The Morgan fingerprint density at radius 3 is 2.64 bits per heavy atom. The first-order chi connectivity index (χ1) is 11.6. The van der Waals surface area contributed by atoms with Crippen LogP contribution in [0.25, 0.3) is 10.9 Å². The molecule has 0 aliphatic carbocycles. The molecule has 0 saturated carbocycles. The number of nitrogens with one attached hydrogen (secondary N) is 1. The Morgan fingerprint density at radius 2 is 1.88 bits per heavy atom. The molecule has 3 N–H and O–H groups in total. The molecular weight excluding hydrogens is 357 g/mol. The van der Waals surface area contributed by atoms with E-state index in [-0.39, 0.29) is 18.3 Å². The quantitative estimate of drug-likeness (QED) is 0.682. The third kappa shape index (κ3) is 3.25. The van der Waals surface area contributed by atoms with Crippen LogP contribution in [0.15, 0.2) is 48.5 Å². The molecule has 2 heterocycles. The Bertz CT molecular complexity index is 905. The largest absolute Gasteiger partial charge is 1.00 e. The van der Waals surface area contributed by atoms with E-state index in [4.69, 9.17) is 17.3 Å². The minimum absolute atomic E-state index is 0. The van der Waals surface area contributed by atoms with Crippen molar-refractivity contribution in [3.8, 4) is 0 Å². The summed E-state index contributed by atoms with van der Waals surface area (Å²) >= 11 is 5.90. The smallest absolute Gasteiger partial charge is 0.244 e. The average Bonchev–Trinajstić information content (AvgIpc) is 2.99. The van der Waals surface area contributed by atoms with Crippen LogP contribution in [0.3, 0.4) is 0 Å². The number of hydrogen-bond donors (Lipinski definition) is 2. The summed E-state index contributed by atoms with van der Waals surface area (Å²) in [5.74, 6) is -0.0540. The van der Waals surface area contributed by atoms with Gasteiger partial charge in [-0.2, -0.15) is 0 Å². The highest BCUT2D eigenvalue weighted by atomic mass is 35.5. The lowest BCUT2D eigenvalue weighted by molar-refractivity contribution is -0.133. The number of H-pyrrole nitrogens is 1. The number of aromatic nitrogens is 1. The molecule has 4 nitrogen and oxygen atoms in total. The minimum atomic E-state index is -0.659. The summed E-state index contributed by atoms with van der Waals surface area (Å²) in [7, 11) is 0. The summed E-state index contributed by atoms with van der Waals surface area (Å²) in [5.41, 5.74) is 10.5. The van der Waals surface area contributed by atoms with E-state index < -0.39 is 6.04 Å². The molecule has 0 spiro atoms. The topological polar surface area (TPSA) is 62.1 Å². The van der Waals surface area contributed by atoms with E-state index in [1.807, 2.05) is 29.2 Å². The summed E-state index contributed by atoms with van der Waals surface area (Å²) in [5, 5.41) is 1.89. The summed E-state index contributed by atoms with van der Waals surface area (Å²) in [4.78, 5) is 18.0. The maximum absolute atomic E-state index is 12.8. The van der Waals surface area contributed by atoms with Crippen LogP contribution >= 0.6 is 11.6 Å². The van der Waals surface area contributed by atoms with Gasteiger partial charge < -0.3 is 28.0 Å². The second-order valence-electron chi connectivity index (χ2n) is 6.17. The highest BCUT2D eigenvalue weighted by Gasteiger charge is 2.27. The number of fused-ring (bicyclic) bond motifs is 3. The molecule has 0 saturated heterocycles. The molecule has 0 fully saturated rings. The fraction of sp³-hybridized carbons (Fsp3) is 0.211. The van der Waals surface area contributed by atoms with E-state index in [0.29, 0.717) is 18.1 Å². The van der Waals surface area contributed by atoms with E-state index in [0.717, 1.165) is 23.2 Å². The van der Waals surface area contributed by atoms with Crippen LogP contribution in [0.5, 0.6) is 0 Å². The predicted molar refractivity (Wildman–Crippen MR) is 95.8 cm³/mol. The molecule has 0 radical (unpaired) electrons. The molecule has 1 unspecified atom stereocenters. The maximum atomic E-state index is 12.8. The van der Waals surface area contributed by atoms with Crippen LogP contribution in [0.2, 0.25) is 5.02 Å². The number of benzene rings is 2. The van der Waals surface area contributed by atoms with Gasteiger partial charge in [-0.05, 0) is 35.7 Å². The van der Waals surface area contributed by atoms with Crippen molar-refractivity contribution < 1.29 is 17.2 Å². The molecule has 25 heavy (non-hydrogen) atoms. The maximum Gasteiger partial charge on any atom is 0.244 e. The fourth-order valence-corrected chi connectivity index (χ4v) is 3.52. The second-order valence-corrected chi connectivity index (χ2v) is 6.60. The summed E-state index contributed by atoms with van der Waals surface area (Å²) in [6.07, 6.45) is 0.846. The molecule has 6 heteroatoms. The predicted octanol–water partition coefficient (Wildman–Crippen LogP) is 0.410. The third-order valence-electron chi connectivity index (χ3n) is 4.69. The lowest BCUT2D eigenvalue weighted by atomic mass is 10.0. The van der Waals surface area contributed by atoms with Crippen molar-refractivity contribution in [2.24, 2.45) is 5.73 Å². The normalized spacial score (nSPS) is 14.7. The second kappa shape index (κ2) is 7.08. The van der Waals surface area contributed by atoms with Gasteiger partial charge in [0.25, 0.3) is 0 Å². The third-order valence-corrected chi connectivity index (χ3v) is 4.94. The minimum Gasteiger partial charge on any atom is -1.00 e. The number of halogens is 2. The van der Waals surface area contributed by atoms with Crippen LogP contribution in [0.1, 0.15) is 22.9 Å². The van der Waals surface area contributed by atoms with Gasteiger partial charge in [0.1, 0.15) is 6.04 Å². The zero-order valence-electron chi connectivity index (χ0n) is 13.5. The van der Waals surface area contributed by atoms with E-state index >= 15 is 0 Å². The van der Waals surface area contributed by atoms with Crippen LogP contribution in [-0.2, 0) is 17.8 Å². The van der Waals surface area contributed by atoms with Crippen molar-refractivity contribution in [1.29, 1.82) is 0 Å². The highest BCUT2D eigenvalue weighted by Crippen LogP contribution is 2.28. The average molecular weight is 375 g/mol. The zero-order valence-corrected chi connectivity index (χ0v) is 15.0. The van der Waals surface area contributed by atoms with Crippen LogP contribution in [0.4, 0.5) is 0 Å². The Balaban J connectivity index is 0.00000182. The molecular formula is C19H18Cl2N3O-. The molecule has 3 aromatic rings. The Hall–Kier alpha value is -2.01. The molecule has 1 aliphatic heterocycles. The SMILES string of the molecule is NC(C(=O)N1CCc2c([nH]c3ccccc23)C1)c1ccc(Cl)cc1.[Cl-]. The van der Waals surface area contributed by atoms with Gasteiger partial charge in [0, 0.05) is 28.2 Å². The van der Waals surface area contributed by atoms with E-state index in [9.17, 15) is 4.79 Å². The summed E-state index contributed by atoms with van der Waals surface area (Å²) in [6, 6.07) is 14.7. The first kappa shape index (κ1) is 17.8. The van der Waals surface area contributed by atoms with E-state index in [1.165, 1.54) is 10.9 Å². The zero-order chi connectivity index (χ0) is 16.7. The van der Waals surface area contributed by atoms with Gasteiger partial charge in [-0.3, -0.25) is 4.79 Å². The fourth-order valence-electron chi connectivity index (χ4n) is 3.39. The molecule has 1 atom stereocenters. The number of nitrogens with zero attached hydrogens (tertiary/aromatic N) is 1. The van der Waals surface area contributed by atoms with Crippen LogP contribution in [-0.4, -0.2) is 22.3 Å². The molecule has 130 valence electrons. The first-order valence-electron chi connectivity index (χ1n) is 8.02. The van der Waals surface area contributed by atoms with Crippen molar-refractivity contribution in [3.63, 3.8) is 0 Å². The van der Waals surface area contributed by atoms with Gasteiger partial charge in [-0.1, -0.05) is 41.9 Å². The highest BCUT2D eigenvalue weighted by molar-refractivity contribution is 6.30. The number of aromatic amines is 1. The van der Waals surface area contributed by atoms with E-state index in [1.54, 1.807) is 12.1 Å². The number of rotatable bonds is 2. The van der Waals surface area contributed by atoms with Crippen LogP contribution < -0.4 is 18.1 Å². The van der Waals surface area contributed by atoms with E-state index in [2.05, 4.69) is 17.1 Å². The molecule has 0 bridgehead atoms. The van der Waals surface area contributed by atoms with Gasteiger partial charge in [0.05, 0.1) is 6.54 Å². The van der Waals surface area contributed by atoms with Crippen molar-refractivity contribution in [2.45, 2.75) is 19.0 Å². The lowest BCUT2D eigenvalue weighted by Crippen LogP contribution is -3.00. The van der Waals surface area contributed by atoms with Crippen molar-refractivity contribution in [3.05, 3.63) is 70.4 Å². The number of amides is 1.